The number of hydrogen-bond acceptors (Lipinski definition) is 4. The lowest BCUT2D eigenvalue weighted by molar-refractivity contribution is 0.108. The fourth-order valence-electron chi connectivity index (χ4n) is 2.35. The molecule has 2 unspecified atom stereocenters. The predicted octanol–water partition coefficient (Wildman–Crippen LogP) is 2.26. The van der Waals surface area contributed by atoms with Gasteiger partial charge < -0.3 is 20.5 Å². The summed E-state index contributed by atoms with van der Waals surface area (Å²) in [7, 11) is 3.40. The molecule has 0 aromatic heterocycles. The van der Waals surface area contributed by atoms with Crippen LogP contribution in [0.25, 0.3) is 0 Å². The van der Waals surface area contributed by atoms with Gasteiger partial charge >= 0.3 is 0 Å². The van der Waals surface area contributed by atoms with Crippen LogP contribution in [0, 0.1) is 0 Å². The molecule has 0 aliphatic heterocycles. The third-order valence-corrected chi connectivity index (χ3v) is 3.36. The SMILES string of the molecule is COc1cccc(NC2CCC(OC)C2)c1N. The number of methoxy groups -OCH3 is 2. The Morgan fingerprint density at radius 2 is 2.12 bits per heavy atom. The Morgan fingerprint density at radius 3 is 2.76 bits per heavy atom. The highest BCUT2D eigenvalue weighted by molar-refractivity contribution is 5.73. The number of nitrogen functional groups attached to an aromatic ring is 1. The van der Waals surface area contributed by atoms with Crippen molar-refractivity contribution in [2.24, 2.45) is 0 Å². The fourth-order valence-corrected chi connectivity index (χ4v) is 2.35. The van der Waals surface area contributed by atoms with E-state index < -0.39 is 0 Å². The van der Waals surface area contributed by atoms with E-state index in [1.54, 1.807) is 14.2 Å². The second-order valence-corrected chi connectivity index (χ2v) is 4.43. The first kappa shape index (κ1) is 12.0. The third-order valence-electron chi connectivity index (χ3n) is 3.36. The predicted molar refractivity (Wildman–Crippen MR) is 69.5 cm³/mol. The monoisotopic (exact) mass is 236 g/mol. The van der Waals surface area contributed by atoms with Gasteiger partial charge in [-0.2, -0.15) is 0 Å². The lowest BCUT2D eigenvalue weighted by atomic mass is 10.2. The summed E-state index contributed by atoms with van der Waals surface area (Å²) in [5.74, 6) is 0.719. The van der Waals surface area contributed by atoms with E-state index in [-0.39, 0.29) is 0 Å². The maximum absolute atomic E-state index is 6.02. The minimum absolute atomic E-state index is 0.374. The van der Waals surface area contributed by atoms with Crippen LogP contribution in [0.4, 0.5) is 11.4 Å². The van der Waals surface area contributed by atoms with Crippen LogP contribution in [0.2, 0.25) is 0 Å². The second kappa shape index (κ2) is 5.27. The minimum Gasteiger partial charge on any atom is -0.495 e. The molecule has 94 valence electrons. The van der Waals surface area contributed by atoms with Gasteiger partial charge in [-0.25, -0.2) is 0 Å². The molecule has 0 heterocycles. The molecule has 4 heteroatoms. The Kier molecular flexibility index (Phi) is 3.74. The normalized spacial score (nSPS) is 23.6. The summed E-state index contributed by atoms with van der Waals surface area (Å²) in [4.78, 5) is 0. The standard InChI is InChI=1S/C13H20N2O2/c1-16-10-7-6-9(8-10)15-11-4-3-5-12(17-2)13(11)14/h3-5,9-10,15H,6-8,14H2,1-2H3. The van der Waals surface area contributed by atoms with Crippen LogP contribution in [0.5, 0.6) is 5.75 Å². The highest BCUT2D eigenvalue weighted by Crippen LogP contribution is 2.32. The molecule has 1 saturated carbocycles. The number of rotatable bonds is 4. The van der Waals surface area contributed by atoms with E-state index in [4.69, 9.17) is 15.2 Å². The van der Waals surface area contributed by atoms with Crippen molar-refractivity contribution in [2.45, 2.75) is 31.4 Å². The molecule has 0 bridgehead atoms. The number of benzene rings is 1. The third kappa shape index (κ3) is 2.64. The number of nitrogens with two attached hydrogens (primary N) is 1. The van der Waals surface area contributed by atoms with Crippen molar-refractivity contribution < 1.29 is 9.47 Å². The Labute approximate surface area is 102 Å². The summed E-state index contributed by atoms with van der Waals surface area (Å²) < 4.78 is 10.6. The maximum atomic E-state index is 6.02. The van der Waals surface area contributed by atoms with E-state index in [2.05, 4.69) is 5.32 Å². The molecule has 0 radical (unpaired) electrons. The van der Waals surface area contributed by atoms with Crippen molar-refractivity contribution in [3.05, 3.63) is 18.2 Å². The quantitative estimate of drug-likeness (QED) is 0.787. The number of hydrogen-bond donors (Lipinski definition) is 2. The minimum atomic E-state index is 0.374. The van der Waals surface area contributed by atoms with Gasteiger partial charge in [-0.05, 0) is 31.4 Å². The summed E-state index contributed by atoms with van der Waals surface area (Å²) in [6, 6.07) is 6.24. The molecule has 4 nitrogen and oxygen atoms in total. The summed E-state index contributed by atoms with van der Waals surface area (Å²) >= 11 is 0. The average molecular weight is 236 g/mol. The first-order valence-corrected chi connectivity index (χ1v) is 5.96. The van der Waals surface area contributed by atoms with E-state index in [0.717, 1.165) is 30.7 Å². The van der Waals surface area contributed by atoms with Crippen LogP contribution in [-0.4, -0.2) is 26.4 Å². The average Bonchev–Trinajstić information content (AvgIpc) is 2.79. The Morgan fingerprint density at radius 1 is 1.29 bits per heavy atom. The first-order valence-electron chi connectivity index (χ1n) is 5.96. The van der Waals surface area contributed by atoms with Crippen molar-refractivity contribution in [1.82, 2.24) is 0 Å². The van der Waals surface area contributed by atoms with Gasteiger partial charge in [0.2, 0.25) is 0 Å². The summed E-state index contributed by atoms with van der Waals surface area (Å²) in [5, 5.41) is 3.46. The molecule has 3 N–H and O–H groups in total. The smallest absolute Gasteiger partial charge is 0.143 e. The number of nitrogens with one attached hydrogen (secondary N) is 1. The molecule has 0 saturated heterocycles. The molecule has 0 amide bonds. The van der Waals surface area contributed by atoms with Crippen LogP contribution in [0.3, 0.4) is 0 Å². The molecular formula is C13H20N2O2. The lowest BCUT2D eigenvalue weighted by Crippen LogP contribution is -2.18. The van der Waals surface area contributed by atoms with E-state index in [1.165, 1.54) is 0 Å². The van der Waals surface area contributed by atoms with Gasteiger partial charge in [-0.15, -0.1) is 0 Å². The Bertz CT molecular complexity index is 382. The van der Waals surface area contributed by atoms with Gasteiger partial charge in [-0.3, -0.25) is 0 Å². The molecule has 1 aromatic carbocycles. The van der Waals surface area contributed by atoms with E-state index >= 15 is 0 Å². The zero-order valence-corrected chi connectivity index (χ0v) is 10.4. The summed E-state index contributed by atoms with van der Waals surface area (Å²) in [6.07, 6.45) is 3.64. The van der Waals surface area contributed by atoms with Gasteiger partial charge in [0.15, 0.2) is 0 Å². The fraction of sp³-hybridized carbons (Fsp3) is 0.538. The molecule has 1 aliphatic rings. The zero-order chi connectivity index (χ0) is 12.3. The van der Waals surface area contributed by atoms with Crippen LogP contribution < -0.4 is 15.8 Å². The number of ether oxygens (including phenoxy) is 2. The highest BCUT2D eigenvalue weighted by Gasteiger charge is 2.24. The van der Waals surface area contributed by atoms with Gasteiger partial charge in [0, 0.05) is 13.2 Å². The van der Waals surface area contributed by atoms with Gasteiger partial charge in [0.25, 0.3) is 0 Å². The topological polar surface area (TPSA) is 56.5 Å². The Hall–Kier alpha value is -1.42. The lowest BCUT2D eigenvalue weighted by Gasteiger charge is -2.17. The van der Waals surface area contributed by atoms with E-state index in [0.29, 0.717) is 17.8 Å². The first-order chi connectivity index (χ1) is 8.24. The largest absolute Gasteiger partial charge is 0.495 e. The molecule has 2 atom stereocenters. The van der Waals surface area contributed by atoms with Crippen molar-refractivity contribution in [3.63, 3.8) is 0 Å². The van der Waals surface area contributed by atoms with Crippen LogP contribution in [-0.2, 0) is 4.74 Å². The molecule has 17 heavy (non-hydrogen) atoms. The van der Waals surface area contributed by atoms with Gasteiger partial charge in [0.1, 0.15) is 5.75 Å². The van der Waals surface area contributed by atoms with Crippen molar-refractivity contribution in [3.8, 4) is 5.75 Å². The van der Waals surface area contributed by atoms with Crippen molar-refractivity contribution in [1.29, 1.82) is 0 Å². The van der Waals surface area contributed by atoms with E-state index in [1.807, 2.05) is 18.2 Å². The van der Waals surface area contributed by atoms with Crippen LogP contribution in [0.1, 0.15) is 19.3 Å². The number of para-hydroxylation sites is 1. The highest BCUT2D eigenvalue weighted by atomic mass is 16.5. The summed E-state index contributed by atoms with van der Waals surface area (Å²) in [6.45, 7) is 0. The molecule has 0 spiro atoms. The van der Waals surface area contributed by atoms with Gasteiger partial charge in [0.05, 0.1) is 24.6 Å². The van der Waals surface area contributed by atoms with Crippen molar-refractivity contribution >= 4 is 11.4 Å². The Balaban J connectivity index is 2.04. The van der Waals surface area contributed by atoms with Gasteiger partial charge in [-0.1, -0.05) is 6.07 Å². The maximum Gasteiger partial charge on any atom is 0.143 e. The molecule has 1 fully saturated rings. The van der Waals surface area contributed by atoms with Crippen molar-refractivity contribution in [2.75, 3.05) is 25.3 Å². The number of anilines is 2. The molecule has 2 rings (SSSR count). The van der Waals surface area contributed by atoms with Crippen LogP contribution in [0.15, 0.2) is 18.2 Å². The summed E-state index contributed by atoms with van der Waals surface area (Å²) in [5.41, 5.74) is 7.65. The molecule has 1 aliphatic carbocycles. The molecule has 1 aromatic rings. The second-order valence-electron chi connectivity index (χ2n) is 4.43. The van der Waals surface area contributed by atoms with E-state index in [9.17, 15) is 0 Å². The molecular weight excluding hydrogens is 216 g/mol. The zero-order valence-electron chi connectivity index (χ0n) is 10.4. The van der Waals surface area contributed by atoms with Crippen LogP contribution >= 0.6 is 0 Å².